The van der Waals surface area contributed by atoms with Crippen LogP contribution in [0.2, 0.25) is 0 Å². The van der Waals surface area contributed by atoms with Crippen molar-refractivity contribution in [2.75, 3.05) is 13.1 Å². The number of benzene rings is 1. The van der Waals surface area contributed by atoms with Crippen molar-refractivity contribution in [2.45, 2.75) is 46.1 Å². The van der Waals surface area contributed by atoms with Crippen LogP contribution in [-0.2, 0) is 13.0 Å². The Morgan fingerprint density at radius 2 is 1.91 bits per heavy atom. The van der Waals surface area contributed by atoms with Gasteiger partial charge >= 0.3 is 0 Å². The number of nitrogens with zero attached hydrogens (tertiary/aromatic N) is 1. The number of hydrogen-bond acceptors (Lipinski definition) is 4. The van der Waals surface area contributed by atoms with Gasteiger partial charge < -0.3 is 9.52 Å². The van der Waals surface area contributed by atoms with Gasteiger partial charge in [-0.2, -0.15) is 0 Å². The third-order valence-electron chi connectivity index (χ3n) is 4.62. The molecule has 0 aliphatic carbocycles. The van der Waals surface area contributed by atoms with E-state index in [1.807, 2.05) is 13.8 Å². The fourth-order valence-electron chi connectivity index (χ4n) is 3.35. The van der Waals surface area contributed by atoms with Crippen LogP contribution in [0.3, 0.4) is 0 Å². The molecule has 22 heavy (non-hydrogen) atoms. The minimum Gasteiger partial charge on any atom is -0.507 e. The fourth-order valence-corrected chi connectivity index (χ4v) is 3.35. The highest BCUT2D eigenvalue weighted by atomic mass is 16.3. The van der Waals surface area contributed by atoms with Gasteiger partial charge in [-0.25, -0.2) is 0 Å². The highest BCUT2D eigenvalue weighted by Gasteiger charge is 2.19. The van der Waals surface area contributed by atoms with E-state index in [1.165, 1.54) is 19.3 Å². The number of piperidine rings is 1. The quantitative estimate of drug-likeness (QED) is 0.944. The summed E-state index contributed by atoms with van der Waals surface area (Å²) in [7, 11) is 0. The molecular weight excluding hydrogens is 278 g/mol. The Morgan fingerprint density at radius 1 is 1.18 bits per heavy atom. The summed E-state index contributed by atoms with van der Waals surface area (Å²) >= 11 is 0. The molecule has 1 aromatic heterocycles. The van der Waals surface area contributed by atoms with Crippen LogP contribution in [0.5, 0.6) is 5.75 Å². The van der Waals surface area contributed by atoms with Crippen molar-refractivity contribution < 1.29 is 9.52 Å². The second-order valence-electron chi connectivity index (χ2n) is 6.10. The lowest BCUT2D eigenvalue weighted by Gasteiger charge is -2.26. The molecule has 0 unspecified atom stereocenters. The molecular formula is C18H23NO3. The molecule has 1 aliphatic heterocycles. The standard InChI is InChI=1S/C18H23NO3/c1-3-13-12(2)22-18-14(17(13)21)7-8-16(20)15(18)11-19-9-5-4-6-10-19/h7-8,20H,3-6,9-11H2,1-2H3. The van der Waals surface area contributed by atoms with Gasteiger partial charge in [-0.05, 0) is 51.4 Å². The number of aromatic hydroxyl groups is 1. The zero-order valence-corrected chi connectivity index (χ0v) is 13.3. The van der Waals surface area contributed by atoms with Crippen LogP contribution in [0.4, 0.5) is 0 Å². The Balaban J connectivity index is 2.12. The van der Waals surface area contributed by atoms with E-state index in [9.17, 15) is 9.90 Å². The maximum Gasteiger partial charge on any atom is 0.196 e. The van der Waals surface area contributed by atoms with E-state index in [1.54, 1.807) is 12.1 Å². The van der Waals surface area contributed by atoms with Crippen LogP contribution < -0.4 is 5.43 Å². The van der Waals surface area contributed by atoms with Gasteiger partial charge in [0.1, 0.15) is 17.1 Å². The van der Waals surface area contributed by atoms with Crippen LogP contribution in [0.1, 0.15) is 43.1 Å². The van der Waals surface area contributed by atoms with Gasteiger partial charge in [0.25, 0.3) is 0 Å². The molecule has 0 spiro atoms. The van der Waals surface area contributed by atoms with Crippen LogP contribution in [0.15, 0.2) is 21.3 Å². The van der Waals surface area contributed by atoms with E-state index in [4.69, 9.17) is 4.42 Å². The largest absolute Gasteiger partial charge is 0.507 e. The number of rotatable bonds is 3. The second-order valence-corrected chi connectivity index (χ2v) is 6.10. The van der Waals surface area contributed by atoms with Gasteiger partial charge in [0, 0.05) is 12.1 Å². The van der Waals surface area contributed by atoms with Gasteiger partial charge in [-0.15, -0.1) is 0 Å². The summed E-state index contributed by atoms with van der Waals surface area (Å²) < 4.78 is 5.93. The minimum atomic E-state index is 0.0288. The average Bonchev–Trinajstić information content (AvgIpc) is 2.52. The molecule has 2 heterocycles. The molecule has 1 saturated heterocycles. The van der Waals surface area contributed by atoms with Crippen LogP contribution >= 0.6 is 0 Å². The summed E-state index contributed by atoms with van der Waals surface area (Å²) in [6.45, 7) is 6.49. The zero-order valence-electron chi connectivity index (χ0n) is 13.3. The van der Waals surface area contributed by atoms with Crippen molar-refractivity contribution in [1.29, 1.82) is 0 Å². The van der Waals surface area contributed by atoms with Crippen molar-refractivity contribution in [3.05, 3.63) is 39.2 Å². The predicted molar refractivity (Wildman–Crippen MR) is 87.4 cm³/mol. The molecule has 0 bridgehead atoms. The molecule has 0 radical (unpaired) electrons. The lowest BCUT2D eigenvalue weighted by atomic mass is 10.0. The average molecular weight is 301 g/mol. The van der Waals surface area contributed by atoms with Crippen LogP contribution in [0.25, 0.3) is 11.0 Å². The van der Waals surface area contributed by atoms with Gasteiger partial charge in [0.05, 0.1) is 10.9 Å². The smallest absolute Gasteiger partial charge is 0.196 e. The lowest BCUT2D eigenvalue weighted by Crippen LogP contribution is -2.29. The molecule has 2 aromatic rings. The first-order valence-corrected chi connectivity index (χ1v) is 8.11. The summed E-state index contributed by atoms with van der Waals surface area (Å²) in [5, 5.41) is 10.8. The molecule has 4 nitrogen and oxygen atoms in total. The number of phenols is 1. The van der Waals surface area contributed by atoms with E-state index < -0.39 is 0 Å². The second kappa shape index (κ2) is 6.13. The highest BCUT2D eigenvalue weighted by molar-refractivity contribution is 5.82. The van der Waals surface area contributed by atoms with E-state index in [-0.39, 0.29) is 11.2 Å². The Morgan fingerprint density at radius 3 is 2.59 bits per heavy atom. The summed E-state index contributed by atoms with van der Waals surface area (Å²) in [5.74, 6) is 0.871. The van der Waals surface area contributed by atoms with Crippen LogP contribution in [-0.4, -0.2) is 23.1 Å². The Labute approximate surface area is 130 Å². The molecule has 1 aliphatic rings. The number of hydrogen-bond donors (Lipinski definition) is 1. The number of phenolic OH excluding ortho intramolecular Hbond substituents is 1. The van der Waals surface area contributed by atoms with Gasteiger partial charge in [0.2, 0.25) is 0 Å². The maximum atomic E-state index is 12.6. The molecule has 0 amide bonds. The van der Waals surface area contributed by atoms with Crippen molar-refractivity contribution in [3.8, 4) is 5.75 Å². The number of aryl methyl sites for hydroxylation is 1. The summed E-state index contributed by atoms with van der Waals surface area (Å²) in [4.78, 5) is 14.9. The first-order chi connectivity index (χ1) is 10.6. The molecule has 1 N–H and O–H groups in total. The Kier molecular flexibility index (Phi) is 4.21. The van der Waals surface area contributed by atoms with Crippen molar-refractivity contribution in [3.63, 3.8) is 0 Å². The van der Waals surface area contributed by atoms with Crippen molar-refractivity contribution in [2.24, 2.45) is 0 Å². The summed E-state index contributed by atoms with van der Waals surface area (Å²) in [6.07, 6.45) is 4.31. The molecule has 3 rings (SSSR count). The summed E-state index contributed by atoms with van der Waals surface area (Å²) in [6, 6.07) is 3.29. The van der Waals surface area contributed by atoms with E-state index in [0.29, 0.717) is 29.7 Å². The van der Waals surface area contributed by atoms with E-state index in [0.717, 1.165) is 24.2 Å². The fraction of sp³-hybridized carbons (Fsp3) is 0.500. The predicted octanol–water partition coefficient (Wildman–Crippen LogP) is 3.36. The molecule has 0 saturated carbocycles. The topological polar surface area (TPSA) is 53.7 Å². The SMILES string of the molecule is CCc1c(C)oc2c(CN3CCCCC3)c(O)ccc2c1=O. The molecule has 118 valence electrons. The minimum absolute atomic E-state index is 0.0288. The monoisotopic (exact) mass is 301 g/mol. The highest BCUT2D eigenvalue weighted by Crippen LogP contribution is 2.29. The third-order valence-corrected chi connectivity index (χ3v) is 4.62. The van der Waals surface area contributed by atoms with Crippen molar-refractivity contribution in [1.82, 2.24) is 4.90 Å². The van der Waals surface area contributed by atoms with Gasteiger partial charge in [-0.3, -0.25) is 9.69 Å². The van der Waals surface area contributed by atoms with Gasteiger partial charge in [-0.1, -0.05) is 13.3 Å². The van der Waals surface area contributed by atoms with Gasteiger partial charge in [0.15, 0.2) is 5.43 Å². The normalized spacial score (nSPS) is 16.3. The molecule has 1 fully saturated rings. The van der Waals surface area contributed by atoms with E-state index >= 15 is 0 Å². The first-order valence-electron chi connectivity index (χ1n) is 8.11. The number of likely N-dealkylation sites (tertiary alicyclic amines) is 1. The zero-order chi connectivity index (χ0) is 15.7. The molecule has 4 heteroatoms. The Hall–Kier alpha value is -1.81. The molecule has 1 aromatic carbocycles. The lowest BCUT2D eigenvalue weighted by molar-refractivity contribution is 0.218. The van der Waals surface area contributed by atoms with Crippen molar-refractivity contribution >= 4 is 11.0 Å². The van der Waals surface area contributed by atoms with E-state index in [2.05, 4.69) is 4.90 Å². The summed E-state index contributed by atoms with van der Waals surface area (Å²) in [5.41, 5.74) is 2.04. The first kappa shape index (κ1) is 15.1. The maximum absolute atomic E-state index is 12.6. The third kappa shape index (κ3) is 2.63. The van der Waals surface area contributed by atoms with Crippen LogP contribution in [0, 0.1) is 6.92 Å². The Bertz CT molecular complexity index is 742. The number of fused-ring (bicyclic) bond motifs is 1. The molecule has 0 atom stereocenters.